The van der Waals surface area contributed by atoms with E-state index in [-0.39, 0.29) is 25.0 Å². The van der Waals surface area contributed by atoms with E-state index in [0.29, 0.717) is 22.2 Å². The van der Waals surface area contributed by atoms with Gasteiger partial charge in [-0.25, -0.2) is 0 Å². The molecule has 0 bridgehead atoms. The van der Waals surface area contributed by atoms with Gasteiger partial charge in [-0.1, -0.05) is 77.3 Å². The second-order valence-electron chi connectivity index (χ2n) is 7.69. The van der Waals surface area contributed by atoms with E-state index in [1.54, 1.807) is 25.2 Å². The first-order valence-corrected chi connectivity index (χ1v) is 11.3. The number of aryl methyl sites for hydroxylation is 1. The molecule has 1 N–H and O–H groups in total. The lowest BCUT2D eigenvalue weighted by molar-refractivity contribution is -0.142. The highest BCUT2D eigenvalue weighted by molar-refractivity contribution is 6.42. The molecule has 0 aliphatic carbocycles. The molecule has 0 radical (unpaired) electrons. The Morgan fingerprint density at radius 1 is 0.939 bits per heavy atom. The molecule has 0 aliphatic heterocycles. The van der Waals surface area contributed by atoms with Crippen LogP contribution in [0.2, 0.25) is 10.0 Å². The fourth-order valence-corrected chi connectivity index (χ4v) is 3.74. The van der Waals surface area contributed by atoms with Crippen LogP contribution in [0.4, 0.5) is 0 Å². The molecule has 1 atom stereocenters. The highest BCUT2D eigenvalue weighted by Crippen LogP contribution is 2.24. The Balaban J connectivity index is 1.88. The van der Waals surface area contributed by atoms with E-state index in [9.17, 15) is 9.59 Å². The molecule has 0 aliphatic rings. The van der Waals surface area contributed by atoms with E-state index in [0.717, 1.165) is 16.7 Å². The van der Waals surface area contributed by atoms with Crippen LogP contribution in [0, 0.1) is 6.92 Å². The van der Waals surface area contributed by atoms with E-state index in [1.807, 2.05) is 61.5 Å². The maximum Gasteiger partial charge on any atom is 0.261 e. The second kappa shape index (κ2) is 11.7. The predicted octanol–water partition coefficient (Wildman–Crippen LogP) is 5.07. The van der Waals surface area contributed by atoms with E-state index in [1.165, 1.54) is 4.90 Å². The Hall–Kier alpha value is -3.02. The van der Waals surface area contributed by atoms with Crippen LogP contribution in [0.3, 0.4) is 0 Å². The molecule has 33 heavy (non-hydrogen) atoms. The summed E-state index contributed by atoms with van der Waals surface area (Å²) in [7, 11) is 1.56. The van der Waals surface area contributed by atoms with Crippen LogP contribution < -0.4 is 10.1 Å². The summed E-state index contributed by atoms with van der Waals surface area (Å²) in [4.78, 5) is 27.8. The van der Waals surface area contributed by atoms with Crippen LogP contribution in [0.15, 0.2) is 72.8 Å². The van der Waals surface area contributed by atoms with Gasteiger partial charge in [-0.15, -0.1) is 0 Å². The quantitative estimate of drug-likeness (QED) is 0.461. The number of carbonyl (C=O) groups excluding carboxylic acids is 2. The van der Waals surface area contributed by atoms with Crippen LogP contribution in [-0.2, 0) is 22.6 Å². The third-order valence-corrected chi connectivity index (χ3v) is 5.98. The largest absolute Gasteiger partial charge is 0.484 e. The van der Waals surface area contributed by atoms with Crippen molar-refractivity contribution < 1.29 is 14.3 Å². The molecule has 3 rings (SSSR count). The number of nitrogens with zero attached hydrogens (tertiary/aromatic N) is 1. The van der Waals surface area contributed by atoms with Crippen molar-refractivity contribution in [2.45, 2.75) is 25.9 Å². The van der Waals surface area contributed by atoms with Crippen molar-refractivity contribution in [1.29, 1.82) is 0 Å². The smallest absolute Gasteiger partial charge is 0.261 e. The number of ether oxygens (including phenoxy) is 1. The molecule has 0 fully saturated rings. The van der Waals surface area contributed by atoms with Gasteiger partial charge in [0, 0.05) is 20.0 Å². The Bertz CT molecular complexity index is 1090. The first-order chi connectivity index (χ1) is 15.9. The lowest BCUT2D eigenvalue weighted by atomic mass is 10.0. The molecule has 0 unspecified atom stereocenters. The average molecular weight is 485 g/mol. The van der Waals surface area contributed by atoms with Gasteiger partial charge in [0.15, 0.2) is 6.61 Å². The Morgan fingerprint density at radius 3 is 2.27 bits per heavy atom. The molecule has 0 aromatic heterocycles. The normalized spacial score (nSPS) is 11.5. The van der Waals surface area contributed by atoms with Crippen LogP contribution in [0.5, 0.6) is 5.75 Å². The molecule has 0 spiro atoms. The summed E-state index contributed by atoms with van der Waals surface area (Å²) in [5, 5.41) is 3.50. The first-order valence-electron chi connectivity index (χ1n) is 10.6. The van der Waals surface area contributed by atoms with Crippen molar-refractivity contribution in [3.63, 3.8) is 0 Å². The number of benzene rings is 3. The molecule has 0 saturated carbocycles. The van der Waals surface area contributed by atoms with Crippen molar-refractivity contribution >= 4 is 35.0 Å². The number of carbonyl (C=O) groups is 2. The van der Waals surface area contributed by atoms with Crippen LogP contribution in [0.25, 0.3) is 0 Å². The zero-order valence-corrected chi connectivity index (χ0v) is 20.1. The van der Waals surface area contributed by atoms with Crippen molar-refractivity contribution in [2.24, 2.45) is 0 Å². The lowest BCUT2D eigenvalue weighted by Crippen LogP contribution is -2.51. The molecule has 3 aromatic rings. The maximum atomic E-state index is 13.4. The monoisotopic (exact) mass is 484 g/mol. The van der Waals surface area contributed by atoms with Gasteiger partial charge in [0.05, 0.1) is 10.0 Å². The Kier molecular flexibility index (Phi) is 8.75. The number of nitrogens with one attached hydrogen (secondary N) is 1. The maximum absolute atomic E-state index is 13.4. The Labute approximate surface area is 204 Å². The molecule has 172 valence electrons. The lowest BCUT2D eigenvalue weighted by Gasteiger charge is -2.31. The van der Waals surface area contributed by atoms with Crippen molar-refractivity contribution in [2.75, 3.05) is 13.7 Å². The summed E-state index contributed by atoms with van der Waals surface area (Å²) < 4.78 is 5.73. The highest BCUT2D eigenvalue weighted by Gasteiger charge is 2.30. The third kappa shape index (κ3) is 6.98. The summed E-state index contributed by atoms with van der Waals surface area (Å²) >= 11 is 12.2. The SMILES string of the molecule is CNC(=O)[C@@H](Cc1ccccc1)N(Cc1ccc(Cl)c(Cl)c1)C(=O)COc1ccc(C)cc1. The fourth-order valence-electron chi connectivity index (χ4n) is 3.42. The molecule has 0 heterocycles. The molecule has 0 saturated heterocycles. The molecular weight excluding hydrogens is 459 g/mol. The van der Waals surface area contributed by atoms with Gasteiger partial charge in [-0.2, -0.15) is 0 Å². The van der Waals surface area contributed by atoms with Gasteiger partial charge >= 0.3 is 0 Å². The van der Waals surface area contributed by atoms with Crippen molar-refractivity contribution in [3.8, 4) is 5.75 Å². The Morgan fingerprint density at radius 2 is 1.64 bits per heavy atom. The zero-order valence-electron chi connectivity index (χ0n) is 18.6. The van der Waals surface area contributed by atoms with E-state index in [2.05, 4.69) is 5.32 Å². The van der Waals surface area contributed by atoms with E-state index >= 15 is 0 Å². The number of hydrogen-bond acceptors (Lipinski definition) is 3. The predicted molar refractivity (Wildman–Crippen MR) is 132 cm³/mol. The first kappa shape index (κ1) is 24.6. The standard InChI is InChI=1S/C26H26Cl2N2O3/c1-18-8-11-21(12-9-18)33-17-25(31)30(16-20-10-13-22(27)23(28)14-20)24(26(32)29-2)15-19-6-4-3-5-7-19/h3-14,24H,15-17H2,1-2H3,(H,29,32)/t24-/m1/s1. The van der Waals surface area contributed by atoms with Crippen molar-refractivity contribution in [3.05, 3.63) is 99.5 Å². The fraction of sp³-hybridized carbons (Fsp3) is 0.231. The van der Waals surface area contributed by atoms with E-state index < -0.39 is 6.04 Å². The third-order valence-electron chi connectivity index (χ3n) is 5.24. The van der Waals surface area contributed by atoms with Crippen molar-refractivity contribution in [1.82, 2.24) is 10.2 Å². The van der Waals surface area contributed by atoms with Crippen LogP contribution in [0.1, 0.15) is 16.7 Å². The minimum Gasteiger partial charge on any atom is -0.484 e. The van der Waals surface area contributed by atoms with Gasteiger partial charge in [0.25, 0.3) is 5.91 Å². The van der Waals surface area contributed by atoms with Gasteiger partial charge in [0.1, 0.15) is 11.8 Å². The highest BCUT2D eigenvalue weighted by atomic mass is 35.5. The number of likely N-dealkylation sites (N-methyl/N-ethyl adjacent to an activating group) is 1. The molecular formula is C26H26Cl2N2O3. The van der Waals surface area contributed by atoms with Gasteiger partial charge in [0.2, 0.25) is 5.91 Å². The van der Waals surface area contributed by atoms with Gasteiger partial charge in [-0.3, -0.25) is 9.59 Å². The molecule has 3 aromatic carbocycles. The zero-order chi connectivity index (χ0) is 23.8. The minimum absolute atomic E-state index is 0.178. The summed E-state index contributed by atoms with van der Waals surface area (Å²) in [6.45, 7) is 1.95. The molecule has 5 nitrogen and oxygen atoms in total. The van der Waals surface area contributed by atoms with Gasteiger partial charge in [-0.05, 0) is 42.3 Å². The minimum atomic E-state index is -0.735. The molecule has 2 amide bonds. The summed E-state index contributed by atoms with van der Waals surface area (Å²) in [6, 6.07) is 21.5. The topological polar surface area (TPSA) is 58.6 Å². The number of hydrogen-bond donors (Lipinski definition) is 1. The summed E-state index contributed by atoms with van der Waals surface area (Å²) in [5.41, 5.74) is 2.80. The second-order valence-corrected chi connectivity index (χ2v) is 8.51. The number of halogens is 2. The molecule has 7 heteroatoms. The number of amides is 2. The van der Waals surface area contributed by atoms with Crippen LogP contribution >= 0.6 is 23.2 Å². The summed E-state index contributed by atoms with van der Waals surface area (Å²) in [6.07, 6.45) is 0.359. The van der Waals surface area contributed by atoms with E-state index in [4.69, 9.17) is 27.9 Å². The van der Waals surface area contributed by atoms with Gasteiger partial charge < -0.3 is 15.0 Å². The van der Waals surface area contributed by atoms with Crippen LogP contribution in [-0.4, -0.2) is 36.4 Å². The summed E-state index contributed by atoms with van der Waals surface area (Å²) in [5.74, 6) is 0.0109. The number of rotatable bonds is 9. The average Bonchev–Trinajstić information content (AvgIpc) is 2.83.